The monoisotopic (exact) mass is 327 g/mol. The predicted molar refractivity (Wildman–Crippen MR) is 96.6 cm³/mol. The average molecular weight is 327 g/mol. The lowest BCUT2D eigenvalue weighted by Gasteiger charge is -2.09. The van der Waals surface area contributed by atoms with E-state index in [0.29, 0.717) is 18.0 Å². The Labute approximate surface area is 143 Å². The first kappa shape index (κ1) is 17.8. The predicted octanol–water partition coefficient (Wildman–Crippen LogP) is 3.13. The van der Waals surface area contributed by atoms with E-state index in [1.165, 1.54) is 0 Å². The molecule has 0 aliphatic rings. The molecular weight excluding hydrogens is 302 g/mol. The molecule has 0 atom stereocenters. The second kappa shape index (κ2) is 8.91. The molecule has 24 heavy (non-hydrogen) atoms. The fourth-order valence-electron chi connectivity index (χ4n) is 2.19. The van der Waals surface area contributed by atoms with Gasteiger partial charge in [0.15, 0.2) is 0 Å². The van der Waals surface area contributed by atoms with Crippen molar-refractivity contribution in [3.8, 4) is 5.75 Å². The van der Waals surface area contributed by atoms with Gasteiger partial charge in [-0.3, -0.25) is 4.79 Å². The SMILES string of the molecule is COc1cccc(CCNC(=O)c2ccc(NCC(C)C)nc2)c1. The molecule has 0 aliphatic carbocycles. The lowest BCUT2D eigenvalue weighted by Crippen LogP contribution is -2.25. The number of carbonyl (C=O) groups is 1. The normalized spacial score (nSPS) is 10.5. The average Bonchev–Trinajstić information content (AvgIpc) is 2.60. The molecule has 0 bridgehead atoms. The maximum absolute atomic E-state index is 12.1. The van der Waals surface area contributed by atoms with Crippen LogP contribution in [0.1, 0.15) is 29.8 Å². The van der Waals surface area contributed by atoms with Crippen LogP contribution in [0.4, 0.5) is 5.82 Å². The molecule has 0 spiro atoms. The number of nitrogens with zero attached hydrogens (tertiary/aromatic N) is 1. The van der Waals surface area contributed by atoms with E-state index in [4.69, 9.17) is 4.74 Å². The van der Waals surface area contributed by atoms with Crippen molar-refractivity contribution in [2.45, 2.75) is 20.3 Å². The van der Waals surface area contributed by atoms with E-state index in [2.05, 4.69) is 29.5 Å². The van der Waals surface area contributed by atoms with Crippen LogP contribution in [0.5, 0.6) is 5.75 Å². The number of methoxy groups -OCH3 is 1. The number of hydrogen-bond donors (Lipinski definition) is 2. The molecule has 128 valence electrons. The van der Waals surface area contributed by atoms with Gasteiger partial charge in [0.05, 0.1) is 12.7 Å². The number of rotatable bonds is 8. The zero-order chi connectivity index (χ0) is 17.4. The minimum Gasteiger partial charge on any atom is -0.497 e. The fourth-order valence-corrected chi connectivity index (χ4v) is 2.19. The number of nitrogens with one attached hydrogen (secondary N) is 2. The van der Waals surface area contributed by atoms with Gasteiger partial charge in [0.25, 0.3) is 5.91 Å². The first-order valence-electron chi connectivity index (χ1n) is 8.19. The second-order valence-electron chi connectivity index (χ2n) is 6.06. The van der Waals surface area contributed by atoms with Gasteiger partial charge >= 0.3 is 0 Å². The Hall–Kier alpha value is -2.56. The highest BCUT2D eigenvalue weighted by atomic mass is 16.5. The van der Waals surface area contributed by atoms with Crippen molar-refractivity contribution in [3.05, 3.63) is 53.7 Å². The van der Waals surface area contributed by atoms with Crippen molar-refractivity contribution >= 4 is 11.7 Å². The minimum absolute atomic E-state index is 0.110. The van der Waals surface area contributed by atoms with E-state index < -0.39 is 0 Å². The van der Waals surface area contributed by atoms with E-state index in [-0.39, 0.29) is 5.91 Å². The summed E-state index contributed by atoms with van der Waals surface area (Å²) >= 11 is 0. The number of benzene rings is 1. The Morgan fingerprint density at radius 1 is 1.25 bits per heavy atom. The molecule has 2 N–H and O–H groups in total. The van der Waals surface area contributed by atoms with Crippen molar-refractivity contribution in [1.29, 1.82) is 0 Å². The van der Waals surface area contributed by atoms with Crippen LogP contribution in [0.3, 0.4) is 0 Å². The fraction of sp³-hybridized carbons (Fsp3) is 0.368. The standard InChI is InChI=1S/C19H25N3O2/c1-14(2)12-21-18-8-7-16(13-22-18)19(23)20-10-9-15-5-4-6-17(11-15)24-3/h4-8,11,13-14H,9-10,12H2,1-3H3,(H,20,23)(H,21,22). The summed E-state index contributed by atoms with van der Waals surface area (Å²) in [6, 6.07) is 11.5. The summed E-state index contributed by atoms with van der Waals surface area (Å²) in [5.74, 6) is 2.05. The van der Waals surface area contributed by atoms with Crippen molar-refractivity contribution in [3.63, 3.8) is 0 Å². The van der Waals surface area contributed by atoms with E-state index in [1.54, 1.807) is 19.4 Å². The molecule has 2 rings (SSSR count). The number of hydrogen-bond acceptors (Lipinski definition) is 4. The third-order valence-corrected chi connectivity index (χ3v) is 3.55. The summed E-state index contributed by atoms with van der Waals surface area (Å²) in [6.07, 6.45) is 2.36. The number of pyridine rings is 1. The number of anilines is 1. The van der Waals surface area contributed by atoms with Gasteiger partial charge in [0.1, 0.15) is 11.6 Å². The molecular formula is C19H25N3O2. The van der Waals surface area contributed by atoms with Gasteiger partial charge in [-0.05, 0) is 42.2 Å². The first-order valence-corrected chi connectivity index (χ1v) is 8.19. The molecule has 0 fully saturated rings. The van der Waals surface area contributed by atoms with Crippen LogP contribution in [0.15, 0.2) is 42.6 Å². The van der Waals surface area contributed by atoms with Crippen LogP contribution >= 0.6 is 0 Å². The Morgan fingerprint density at radius 2 is 2.08 bits per heavy atom. The molecule has 2 aromatic rings. The van der Waals surface area contributed by atoms with Crippen molar-refractivity contribution in [2.24, 2.45) is 5.92 Å². The molecule has 0 saturated carbocycles. The van der Waals surface area contributed by atoms with Gasteiger partial charge in [0, 0.05) is 19.3 Å². The van der Waals surface area contributed by atoms with Crippen molar-refractivity contribution in [1.82, 2.24) is 10.3 Å². The van der Waals surface area contributed by atoms with Crippen molar-refractivity contribution < 1.29 is 9.53 Å². The van der Waals surface area contributed by atoms with Gasteiger partial charge in [-0.1, -0.05) is 26.0 Å². The summed E-state index contributed by atoms with van der Waals surface area (Å²) in [5.41, 5.74) is 1.69. The van der Waals surface area contributed by atoms with Gasteiger partial charge in [-0.2, -0.15) is 0 Å². The number of aromatic nitrogens is 1. The van der Waals surface area contributed by atoms with E-state index in [0.717, 1.165) is 30.1 Å². The smallest absolute Gasteiger partial charge is 0.252 e. The minimum atomic E-state index is -0.110. The lowest BCUT2D eigenvalue weighted by molar-refractivity contribution is 0.0954. The summed E-state index contributed by atoms with van der Waals surface area (Å²) in [6.45, 7) is 5.70. The summed E-state index contributed by atoms with van der Waals surface area (Å²) in [7, 11) is 1.65. The number of carbonyl (C=O) groups excluding carboxylic acids is 1. The molecule has 0 unspecified atom stereocenters. The highest BCUT2D eigenvalue weighted by Gasteiger charge is 2.06. The molecule has 5 nitrogen and oxygen atoms in total. The van der Waals surface area contributed by atoms with Crippen LogP contribution in [0.2, 0.25) is 0 Å². The van der Waals surface area contributed by atoms with Gasteiger partial charge in [-0.15, -0.1) is 0 Å². The molecule has 1 aromatic carbocycles. The summed E-state index contributed by atoms with van der Waals surface area (Å²) < 4.78 is 5.20. The number of amides is 1. The molecule has 0 radical (unpaired) electrons. The van der Waals surface area contributed by atoms with Gasteiger partial charge in [0.2, 0.25) is 0 Å². The number of ether oxygens (including phenoxy) is 1. The quantitative estimate of drug-likeness (QED) is 0.782. The molecule has 5 heteroatoms. The maximum Gasteiger partial charge on any atom is 0.252 e. The molecule has 1 heterocycles. The Morgan fingerprint density at radius 3 is 2.75 bits per heavy atom. The third-order valence-electron chi connectivity index (χ3n) is 3.55. The topological polar surface area (TPSA) is 63.2 Å². The second-order valence-corrected chi connectivity index (χ2v) is 6.06. The lowest BCUT2D eigenvalue weighted by atomic mass is 10.1. The third kappa shape index (κ3) is 5.57. The zero-order valence-corrected chi connectivity index (χ0v) is 14.5. The Kier molecular flexibility index (Phi) is 6.61. The highest BCUT2D eigenvalue weighted by Crippen LogP contribution is 2.12. The van der Waals surface area contributed by atoms with E-state index in [1.807, 2.05) is 30.3 Å². The highest BCUT2D eigenvalue weighted by molar-refractivity contribution is 5.94. The van der Waals surface area contributed by atoms with Gasteiger partial charge in [-0.25, -0.2) is 4.98 Å². The zero-order valence-electron chi connectivity index (χ0n) is 14.5. The maximum atomic E-state index is 12.1. The van der Waals surface area contributed by atoms with E-state index >= 15 is 0 Å². The van der Waals surface area contributed by atoms with Gasteiger partial charge < -0.3 is 15.4 Å². The summed E-state index contributed by atoms with van der Waals surface area (Å²) in [4.78, 5) is 16.4. The Bertz CT molecular complexity index is 654. The first-order chi connectivity index (χ1) is 11.6. The molecule has 0 aliphatic heterocycles. The molecule has 1 aromatic heterocycles. The van der Waals surface area contributed by atoms with Crippen molar-refractivity contribution in [2.75, 3.05) is 25.5 Å². The van der Waals surface area contributed by atoms with Crippen LogP contribution < -0.4 is 15.4 Å². The van der Waals surface area contributed by atoms with Crippen LogP contribution in [-0.2, 0) is 6.42 Å². The van der Waals surface area contributed by atoms with E-state index in [9.17, 15) is 4.79 Å². The molecule has 1 amide bonds. The van der Waals surface area contributed by atoms with Crippen LogP contribution in [-0.4, -0.2) is 31.1 Å². The van der Waals surface area contributed by atoms with Crippen LogP contribution in [0, 0.1) is 5.92 Å². The molecule has 0 saturated heterocycles. The largest absolute Gasteiger partial charge is 0.497 e. The van der Waals surface area contributed by atoms with Crippen LogP contribution in [0.25, 0.3) is 0 Å². The Balaban J connectivity index is 1.81. The summed E-state index contributed by atoms with van der Waals surface area (Å²) in [5, 5.41) is 6.15.